The largest absolute Gasteiger partial charge is 0.478 e. The second-order valence-electron chi connectivity index (χ2n) is 6.26. The maximum absolute atomic E-state index is 12.6. The van der Waals surface area contributed by atoms with Crippen molar-refractivity contribution in [1.82, 2.24) is 20.1 Å². The predicted molar refractivity (Wildman–Crippen MR) is 99.9 cm³/mol. The maximum atomic E-state index is 12.6. The second-order valence-corrected chi connectivity index (χ2v) is 6.26. The highest BCUT2D eigenvalue weighted by molar-refractivity contribution is 5.94. The van der Waals surface area contributed by atoms with E-state index in [0.29, 0.717) is 31.1 Å². The molecule has 1 aliphatic rings. The fraction of sp³-hybridized carbons (Fsp3) is 0.444. The van der Waals surface area contributed by atoms with Crippen molar-refractivity contribution in [3.63, 3.8) is 0 Å². The Kier molecular flexibility index (Phi) is 5.50. The van der Waals surface area contributed by atoms with Crippen molar-refractivity contribution < 1.29 is 9.53 Å². The Balaban J connectivity index is 1.61. The van der Waals surface area contributed by atoms with Crippen LogP contribution < -0.4 is 14.5 Å². The number of anilines is 2. The molecule has 8 heteroatoms. The van der Waals surface area contributed by atoms with E-state index < -0.39 is 0 Å². The molecule has 2 aromatic heterocycles. The molecule has 1 aliphatic heterocycles. The molecule has 0 radical (unpaired) electrons. The molecular formula is C18H24N6O2. The molecule has 1 fully saturated rings. The molecule has 0 atom stereocenters. The van der Waals surface area contributed by atoms with Gasteiger partial charge in [0.15, 0.2) is 5.82 Å². The highest BCUT2D eigenvalue weighted by Gasteiger charge is 2.23. The van der Waals surface area contributed by atoms with Crippen LogP contribution >= 0.6 is 0 Å². The zero-order valence-corrected chi connectivity index (χ0v) is 15.4. The zero-order valence-electron chi connectivity index (χ0n) is 15.4. The third kappa shape index (κ3) is 4.01. The van der Waals surface area contributed by atoms with Crippen molar-refractivity contribution in [3.8, 4) is 5.88 Å². The standard InChI is InChI=1S/C18H24N6O2/c1-4-26-17-6-5-14(12-19-17)18(25)24-9-7-23(8-10-24)16-11-15(22(2)3)13-20-21-16/h5-6,11-13H,4,7-10H2,1-3H3. The van der Waals surface area contributed by atoms with Gasteiger partial charge in [-0.25, -0.2) is 4.98 Å². The van der Waals surface area contributed by atoms with Gasteiger partial charge in [0.25, 0.3) is 5.91 Å². The van der Waals surface area contributed by atoms with Crippen molar-refractivity contribution in [3.05, 3.63) is 36.2 Å². The van der Waals surface area contributed by atoms with Crippen molar-refractivity contribution in [1.29, 1.82) is 0 Å². The average molecular weight is 356 g/mol. The first-order valence-electron chi connectivity index (χ1n) is 8.71. The number of carbonyl (C=O) groups is 1. The first-order valence-corrected chi connectivity index (χ1v) is 8.71. The molecule has 0 N–H and O–H groups in total. The molecule has 8 nitrogen and oxygen atoms in total. The summed E-state index contributed by atoms with van der Waals surface area (Å²) in [6, 6.07) is 5.51. The first-order chi connectivity index (χ1) is 12.6. The van der Waals surface area contributed by atoms with Crippen LogP contribution in [0.1, 0.15) is 17.3 Å². The summed E-state index contributed by atoms with van der Waals surface area (Å²) in [5.41, 5.74) is 1.59. The van der Waals surface area contributed by atoms with Crippen LogP contribution in [0.4, 0.5) is 11.5 Å². The number of ether oxygens (including phenoxy) is 1. The van der Waals surface area contributed by atoms with Crippen molar-refractivity contribution in [2.45, 2.75) is 6.92 Å². The summed E-state index contributed by atoms with van der Waals surface area (Å²) in [4.78, 5) is 22.8. The lowest BCUT2D eigenvalue weighted by atomic mass is 10.2. The molecule has 1 amide bonds. The molecule has 0 saturated carbocycles. The van der Waals surface area contributed by atoms with E-state index in [0.717, 1.165) is 24.6 Å². The lowest BCUT2D eigenvalue weighted by Gasteiger charge is -2.35. The summed E-state index contributed by atoms with van der Waals surface area (Å²) in [6.45, 7) is 5.18. The molecule has 0 unspecified atom stereocenters. The van der Waals surface area contributed by atoms with Crippen LogP contribution in [-0.2, 0) is 0 Å². The molecule has 26 heavy (non-hydrogen) atoms. The van der Waals surface area contributed by atoms with E-state index in [1.54, 1.807) is 24.5 Å². The van der Waals surface area contributed by atoms with Gasteiger partial charge >= 0.3 is 0 Å². The summed E-state index contributed by atoms with van der Waals surface area (Å²) in [5, 5.41) is 8.29. The molecular weight excluding hydrogens is 332 g/mol. The number of amides is 1. The Hall–Kier alpha value is -2.90. The average Bonchev–Trinajstić information content (AvgIpc) is 2.68. The number of pyridine rings is 1. The smallest absolute Gasteiger partial charge is 0.255 e. The van der Waals surface area contributed by atoms with E-state index in [4.69, 9.17) is 4.74 Å². The number of aromatic nitrogens is 3. The first kappa shape index (κ1) is 17.9. The Morgan fingerprint density at radius 3 is 2.58 bits per heavy atom. The monoisotopic (exact) mass is 356 g/mol. The Morgan fingerprint density at radius 1 is 1.19 bits per heavy atom. The van der Waals surface area contributed by atoms with Crippen LogP contribution in [0, 0.1) is 0 Å². The summed E-state index contributed by atoms with van der Waals surface area (Å²) < 4.78 is 5.32. The Labute approximate surface area is 153 Å². The second kappa shape index (κ2) is 7.99. The zero-order chi connectivity index (χ0) is 18.5. The van der Waals surface area contributed by atoms with Gasteiger partial charge in [-0.05, 0) is 13.0 Å². The van der Waals surface area contributed by atoms with E-state index in [2.05, 4.69) is 20.1 Å². The van der Waals surface area contributed by atoms with E-state index in [1.807, 2.05) is 36.9 Å². The molecule has 138 valence electrons. The van der Waals surface area contributed by atoms with Gasteiger partial charge in [0.1, 0.15) is 0 Å². The Morgan fingerprint density at radius 2 is 1.96 bits per heavy atom. The minimum Gasteiger partial charge on any atom is -0.478 e. The van der Waals surface area contributed by atoms with Gasteiger partial charge in [0.05, 0.1) is 24.1 Å². The third-order valence-corrected chi connectivity index (χ3v) is 4.31. The fourth-order valence-corrected chi connectivity index (χ4v) is 2.81. The molecule has 2 aromatic rings. The molecule has 0 aromatic carbocycles. The number of rotatable bonds is 5. The number of nitrogens with zero attached hydrogens (tertiary/aromatic N) is 6. The third-order valence-electron chi connectivity index (χ3n) is 4.31. The summed E-state index contributed by atoms with van der Waals surface area (Å²) in [5.74, 6) is 1.37. The van der Waals surface area contributed by atoms with E-state index in [1.165, 1.54) is 0 Å². The SMILES string of the molecule is CCOc1ccc(C(=O)N2CCN(c3cc(N(C)C)cnn3)CC2)cn1. The Bertz CT molecular complexity index is 742. The van der Waals surface area contributed by atoms with Crippen LogP contribution in [-0.4, -0.2) is 72.9 Å². The van der Waals surface area contributed by atoms with E-state index in [9.17, 15) is 4.79 Å². The van der Waals surface area contributed by atoms with Crippen LogP contribution in [0.2, 0.25) is 0 Å². The maximum Gasteiger partial charge on any atom is 0.255 e. The van der Waals surface area contributed by atoms with Crippen LogP contribution in [0.3, 0.4) is 0 Å². The van der Waals surface area contributed by atoms with Crippen molar-refractivity contribution in [2.24, 2.45) is 0 Å². The quantitative estimate of drug-likeness (QED) is 0.799. The van der Waals surface area contributed by atoms with Gasteiger partial charge in [0, 0.05) is 58.6 Å². The van der Waals surface area contributed by atoms with Crippen molar-refractivity contribution in [2.75, 3.05) is 56.7 Å². The lowest BCUT2D eigenvalue weighted by molar-refractivity contribution is 0.0746. The number of piperazine rings is 1. The van der Waals surface area contributed by atoms with E-state index in [-0.39, 0.29) is 5.91 Å². The van der Waals surface area contributed by atoms with Gasteiger partial charge in [-0.1, -0.05) is 0 Å². The van der Waals surface area contributed by atoms with Crippen molar-refractivity contribution >= 4 is 17.4 Å². The predicted octanol–water partition coefficient (Wildman–Crippen LogP) is 1.30. The molecule has 0 bridgehead atoms. The van der Waals surface area contributed by atoms with Gasteiger partial charge in [0.2, 0.25) is 5.88 Å². The molecule has 0 aliphatic carbocycles. The minimum atomic E-state index is -0.00618. The fourth-order valence-electron chi connectivity index (χ4n) is 2.81. The van der Waals surface area contributed by atoms with Gasteiger partial charge in [-0.2, -0.15) is 5.10 Å². The molecule has 3 heterocycles. The lowest BCUT2D eigenvalue weighted by Crippen LogP contribution is -2.49. The molecule has 0 spiro atoms. The molecule has 1 saturated heterocycles. The highest BCUT2D eigenvalue weighted by Crippen LogP contribution is 2.19. The van der Waals surface area contributed by atoms with Crippen LogP contribution in [0.15, 0.2) is 30.6 Å². The number of hydrogen-bond donors (Lipinski definition) is 0. The van der Waals surface area contributed by atoms with Crippen LogP contribution in [0.25, 0.3) is 0 Å². The van der Waals surface area contributed by atoms with Gasteiger partial charge in [-0.3, -0.25) is 4.79 Å². The summed E-state index contributed by atoms with van der Waals surface area (Å²) in [7, 11) is 3.95. The normalized spacial score (nSPS) is 14.3. The van der Waals surface area contributed by atoms with Gasteiger partial charge < -0.3 is 19.4 Å². The topological polar surface area (TPSA) is 74.7 Å². The number of hydrogen-bond acceptors (Lipinski definition) is 7. The highest BCUT2D eigenvalue weighted by atomic mass is 16.5. The van der Waals surface area contributed by atoms with Gasteiger partial charge in [-0.15, -0.1) is 5.10 Å². The van der Waals surface area contributed by atoms with Crippen LogP contribution in [0.5, 0.6) is 5.88 Å². The minimum absolute atomic E-state index is 0.00618. The van der Waals surface area contributed by atoms with E-state index >= 15 is 0 Å². The number of carbonyl (C=O) groups excluding carboxylic acids is 1. The summed E-state index contributed by atoms with van der Waals surface area (Å²) in [6.07, 6.45) is 3.31. The summed E-state index contributed by atoms with van der Waals surface area (Å²) >= 11 is 0. The molecule has 3 rings (SSSR count).